The molecular weight excluding hydrogens is 466 g/mol. The number of nitrogens with zero attached hydrogens (tertiary/aromatic N) is 2. The number of thiophene rings is 1. The minimum Gasteiger partial charge on any atom is -0.450 e. The number of hydrogen-bond donors (Lipinski definition) is 1. The number of rotatable bonds is 4. The molecule has 174 valence electrons. The number of para-hydroxylation sites is 1. The summed E-state index contributed by atoms with van der Waals surface area (Å²) in [5.41, 5.74) is 5.78. The number of thiazole rings is 1. The monoisotopic (exact) mass is 491 g/mol. The van der Waals surface area contributed by atoms with Gasteiger partial charge in [-0.05, 0) is 56.5 Å². The SMILES string of the molecule is CCOC(=O)N1CCc2c(sc(NC(=O)c3ccc(C)cc3C)c2-c2nc3ccccc3s2)C1. The second kappa shape index (κ2) is 9.19. The second-order valence-corrected chi connectivity index (χ2v) is 10.5. The van der Waals surface area contributed by atoms with Crippen LogP contribution >= 0.6 is 22.7 Å². The minimum atomic E-state index is -0.302. The summed E-state index contributed by atoms with van der Waals surface area (Å²) in [7, 11) is 0. The van der Waals surface area contributed by atoms with Gasteiger partial charge in [0.1, 0.15) is 10.0 Å². The predicted molar refractivity (Wildman–Crippen MR) is 138 cm³/mol. The van der Waals surface area contributed by atoms with E-state index in [-0.39, 0.29) is 12.0 Å². The van der Waals surface area contributed by atoms with Crippen molar-refractivity contribution in [3.8, 4) is 10.6 Å². The van der Waals surface area contributed by atoms with E-state index >= 15 is 0 Å². The van der Waals surface area contributed by atoms with Crippen LogP contribution in [-0.2, 0) is 17.7 Å². The Bertz CT molecular complexity index is 1370. The fraction of sp³-hybridized carbons (Fsp3) is 0.269. The van der Waals surface area contributed by atoms with Gasteiger partial charge in [-0.3, -0.25) is 4.79 Å². The largest absolute Gasteiger partial charge is 0.450 e. The molecule has 8 heteroatoms. The van der Waals surface area contributed by atoms with Gasteiger partial charge in [0.05, 0.1) is 23.4 Å². The first-order chi connectivity index (χ1) is 16.4. The van der Waals surface area contributed by atoms with E-state index in [0.717, 1.165) is 47.4 Å². The molecular formula is C26H25N3O3S2. The summed E-state index contributed by atoms with van der Waals surface area (Å²) >= 11 is 3.15. The van der Waals surface area contributed by atoms with Gasteiger partial charge in [-0.15, -0.1) is 22.7 Å². The number of amides is 2. The molecule has 0 fully saturated rings. The number of benzene rings is 2. The number of anilines is 1. The first-order valence-electron chi connectivity index (χ1n) is 11.3. The number of carbonyl (C=O) groups excluding carboxylic acids is 2. The molecule has 0 aliphatic carbocycles. The van der Waals surface area contributed by atoms with Gasteiger partial charge in [0.2, 0.25) is 0 Å². The van der Waals surface area contributed by atoms with E-state index in [1.54, 1.807) is 16.2 Å². The Labute approximate surface area is 206 Å². The van der Waals surface area contributed by atoms with Crippen molar-refractivity contribution in [2.24, 2.45) is 0 Å². The van der Waals surface area contributed by atoms with Crippen molar-refractivity contribution in [1.82, 2.24) is 9.88 Å². The van der Waals surface area contributed by atoms with Crippen molar-refractivity contribution < 1.29 is 14.3 Å². The van der Waals surface area contributed by atoms with Crippen molar-refractivity contribution >= 4 is 49.9 Å². The van der Waals surface area contributed by atoms with Crippen LogP contribution in [-0.4, -0.2) is 35.0 Å². The second-order valence-electron chi connectivity index (χ2n) is 8.34. The summed E-state index contributed by atoms with van der Waals surface area (Å²) < 4.78 is 6.32. The smallest absolute Gasteiger partial charge is 0.410 e. The van der Waals surface area contributed by atoms with Crippen LogP contribution in [0.4, 0.5) is 9.80 Å². The van der Waals surface area contributed by atoms with Crippen molar-refractivity contribution in [2.45, 2.75) is 33.7 Å². The molecule has 0 saturated heterocycles. The highest BCUT2D eigenvalue weighted by Crippen LogP contribution is 2.46. The predicted octanol–water partition coefficient (Wildman–Crippen LogP) is 6.41. The van der Waals surface area contributed by atoms with E-state index in [4.69, 9.17) is 9.72 Å². The lowest BCUT2D eigenvalue weighted by Gasteiger charge is -2.26. The molecule has 0 unspecified atom stereocenters. The molecule has 0 radical (unpaired) electrons. The molecule has 2 amide bonds. The number of ether oxygens (including phenoxy) is 1. The van der Waals surface area contributed by atoms with Crippen LogP contribution in [0.15, 0.2) is 42.5 Å². The molecule has 1 aliphatic heterocycles. The van der Waals surface area contributed by atoms with Crippen LogP contribution in [0.3, 0.4) is 0 Å². The molecule has 0 atom stereocenters. The lowest BCUT2D eigenvalue weighted by atomic mass is 10.0. The maximum atomic E-state index is 13.3. The first kappa shape index (κ1) is 22.6. The average molecular weight is 492 g/mol. The molecule has 34 heavy (non-hydrogen) atoms. The summed E-state index contributed by atoms with van der Waals surface area (Å²) in [5, 5.41) is 4.83. The lowest BCUT2D eigenvalue weighted by Crippen LogP contribution is -2.35. The zero-order valence-corrected chi connectivity index (χ0v) is 20.9. The van der Waals surface area contributed by atoms with Gasteiger partial charge in [0, 0.05) is 22.5 Å². The highest BCUT2D eigenvalue weighted by atomic mass is 32.1. The number of aromatic nitrogens is 1. The summed E-state index contributed by atoms with van der Waals surface area (Å²) in [6.45, 7) is 7.17. The third kappa shape index (κ3) is 4.19. The standard InChI is InChI=1S/C26H25N3O3S2/c1-4-32-26(31)29-12-11-18-21(14-29)34-25(28-23(30)17-10-9-15(2)13-16(17)3)22(18)24-27-19-7-5-6-8-20(19)33-24/h5-10,13H,4,11-12,14H2,1-3H3,(H,28,30). The van der Waals surface area contributed by atoms with Gasteiger partial charge in [0.15, 0.2) is 0 Å². The molecule has 3 heterocycles. The van der Waals surface area contributed by atoms with E-state index in [1.807, 2.05) is 57.2 Å². The number of carbonyl (C=O) groups is 2. The maximum Gasteiger partial charge on any atom is 0.410 e. The van der Waals surface area contributed by atoms with Gasteiger partial charge in [-0.1, -0.05) is 29.8 Å². The van der Waals surface area contributed by atoms with Crippen LogP contribution in [0.2, 0.25) is 0 Å². The molecule has 4 aromatic rings. The summed E-state index contributed by atoms with van der Waals surface area (Å²) in [4.78, 5) is 33.3. The minimum absolute atomic E-state index is 0.138. The van der Waals surface area contributed by atoms with Crippen LogP contribution in [0.5, 0.6) is 0 Å². The Morgan fingerprint density at radius 2 is 1.97 bits per heavy atom. The highest BCUT2D eigenvalue weighted by Gasteiger charge is 2.30. The molecule has 5 rings (SSSR count). The van der Waals surface area contributed by atoms with Gasteiger partial charge in [-0.2, -0.15) is 0 Å². The van der Waals surface area contributed by atoms with Crippen LogP contribution < -0.4 is 5.32 Å². The van der Waals surface area contributed by atoms with E-state index in [2.05, 4.69) is 11.4 Å². The Morgan fingerprint density at radius 1 is 1.15 bits per heavy atom. The fourth-order valence-corrected chi connectivity index (χ4v) is 6.68. The Hall–Kier alpha value is -3.23. The van der Waals surface area contributed by atoms with Crippen LogP contribution in [0, 0.1) is 13.8 Å². The van der Waals surface area contributed by atoms with Gasteiger partial charge in [0.25, 0.3) is 5.91 Å². The first-order valence-corrected chi connectivity index (χ1v) is 12.9. The summed E-state index contributed by atoms with van der Waals surface area (Å²) in [5.74, 6) is -0.138. The molecule has 0 saturated carbocycles. The average Bonchev–Trinajstić information content (AvgIpc) is 3.39. The van der Waals surface area contributed by atoms with Gasteiger partial charge < -0.3 is 15.0 Å². The normalized spacial score (nSPS) is 13.1. The molecule has 6 nitrogen and oxygen atoms in total. The van der Waals surface area contributed by atoms with Crippen molar-refractivity contribution in [3.05, 3.63) is 69.6 Å². The Kier molecular flexibility index (Phi) is 6.10. The van der Waals surface area contributed by atoms with Gasteiger partial charge in [-0.25, -0.2) is 9.78 Å². The number of fused-ring (bicyclic) bond motifs is 2. The van der Waals surface area contributed by atoms with Crippen molar-refractivity contribution in [2.75, 3.05) is 18.5 Å². The molecule has 2 aromatic heterocycles. The zero-order valence-electron chi connectivity index (χ0n) is 19.3. The third-order valence-electron chi connectivity index (χ3n) is 5.94. The maximum absolute atomic E-state index is 13.3. The molecule has 0 spiro atoms. The zero-order chi connectivity index (χ0) is 23.8. The van der Waals surface area contributed by atoms with Gasteiger partial charge >= 0.3 is 6.09 Å². The molecule has 0 bridgehead atoms. The van der Waals surface area contributed by atoms with Crippen molar-refractivity contribution in [1.29, 1.82) is 0 Å². The topological polar surface area (TPSA) is 71.5 Å². The van der Waals surface area contributed by atoms with E-state index in [1.165, 1.54) is 11.3 Å². The Balaban J connectivity index is 1.56. The lowest BCUT2D eigenvalue weighted by molar-refractivity contribution is 0.102. The molecule has 1 aliphatic rings. The molecule has 2 aromatic carbocycles. The highest BCUT2D eigenvalue weighted by molar-refractivity contribution is 7.23. The fourth-order valence-electron chi connectivity index (χ4n) is 4.31. The third-order valence-corrected chi connectivity index (χ3v) is 8.13. The van der Waals surface area contributed by atoms with E-state index in [9.17, 15) is 9.59 Å². The van der Waals surface area contributed by atoms with E-state index in [0.29, 0.717) is 31.7 Å². The van der Waals surface area contributed by atoms with Crippen LogP contribution in [0.25, 0.3) is 20.8 Å². The quantitative estimate of drug-likeness (QED) is 0.358. The summed E-state index contributed by atoms with van der Waals surface area (Å²) in [6.07, 6.45) is 0.388. The molecule has 1 N–H and O–H groups in total. The van der Waals surface area contributed by atoms with E-state index < -0.39 is 0 Å². The van der Waals surface area contributed by atoms with Crippen molar-refractivity contribution in [3.63, 3.8) is 0 Å². The van der Waals surface area contributed by atoms with Crippen LogP contribution in [0.1, 0.15) is 38.8 Å². The Morgan fingerprint density at radius 3 is 2.74 bits per heavy atom. The number of aryl methyl sites for hydroxylation is 2. The summed E-state index contributed by atoms with van der Waals surface area (Å²) in [6, 6.07) is 13.9. The number of nitrogens with one attached hydrogen (secondary N) is 1. The number of hydrogen-bond acceptors (Lipinski definition) is 6.